The molecule has 0 saturated heterocycles. The summed E-state index contributed by atoms with van der Waals surface area (Å²) < 4.78 is 3.49. The van der Waals surface area contributed by atoms with E-state index in [9.17, 15) is 0 Å². The van der Waals surface area contributed by atoms with Crippen LogP contribution in [0.1, 0.15) is 44.3 Å². The summed E-state index contributed by atoms with van der Waals surface area (Å²) in [4.78, 5) is 4.75. The van der Waals surface area contributed by atoms with Crippen molar-refractivity contribution in [1.29, 1.82) is 0 Å². The van der Waals surface area contributed by atoms with Crippen LogP contribution in [-0.4, -0.2) is 15.4 Å². The first-order valence-electron chi connectivity index (χ1n) is 7.98. The maximum absolute atomic E-state index is 5.94. The number of aromatic nitrogens is 2. The molecule has 3 rings (SSSR count). The molecule has 0 atom stereocenters. The molecule has 4 heteroatoms. The Hall–Kier alpha value is -0.540. The molecule has 2 nitrogen and oxygen atoms in total. The number of benzene rings is 1. The summed E-state index contributed by atoms with van der Waals surface area (Å²) >= 11 is 9.51. The molecule has 1 aromatic heterocycles. The lowest BCUT2D eigenvalue weighted by Gasteiger charge is -2.11. The van der Waals surface area contributed by atoms with Crippen LogP contribution in [0.4, 0.5) is 0 Å². The van der Waals surface area contributed by atoms with Gasteiger partial charge in [0.15, 0.2) is 0 Å². The van der Waals surface area contributed by atoms with Gasteiger partial charge < -0.3 is 4.57 Å². The molecular weight excluding hydrogens is 348 g/mol. The van der Waals surface area contributed by atoms with Crippen molar-refractivity contribution in [2.24, 2.45) is 5.92 Å². The molecule has 1 fully saturated rings. The number of nitrogens with zero attached hydrogens (tertiary/aromatic N) is 2. The Labute approximate surface area is 140 Å². The van der Waals surface area contributed by atoms with Crippen molar-refractivity contribution in [1.82, 2.24) is 9.55 Å². The highest BCUT2D eigenvalue weighted by Crippen LogP contribution is 2.29. The van der Waals surface area contributed by atoms with Crippen LogP contribution in [0, 0.1) is 5.92 Å². The molecule has 1 aromatic carbocycles. The van der Waals surface area contributed by atoms with Crippen molar-refractivity contribution in [2.45, 2.75) is 51.5 Å². The monoisotopic (exact) mass is 368 g/mol. The van der Waals surface area contributed by atoms with Crippen LogP contribution in [0.5, 0.6) is 0 Å². The molecule has 0 unspecified atom stereocenters. The highest BCUT2D eigenvalue weighted by atomic mass is 79.9. The van der Waals surface area contributed by atoms with Crippen LogP contribution >= 0.6 is 27.5 Å². The molecule has 0 amide bonds. The number of hydrogen-bond acceptors (Lipinski definition) is 1. The van der Waals surface area contributed by atoms with Crippen LogP contribution in [0.2, 0.25) is 0 Å². The van der Waals surface area contributed by atoms with Gasteiger partial charge in [-0.1, -0.05) is 41.6 Å². The average Bonchev–Trinajstić information content (AvgIpc) is 3.08. The van der Waals surface area contributed by atoms with E-state index in [1.807, 2.05) is 0 Å². The predicted octanol–water partition coefficient (Wildman–Crippen LogP) is 5.55. The third kappa shape index (κ3) is 3.62. The van der Waals surface area contributed by atoms with Gasteiger partial charge in [0.25, 0.3) is 0 Å². The molecule has 1 heterocycles. The zero-order chi connectivity index (χ0) is 14.7. The molecule has 1 saturated carbocycles. The molecule has 0 N–H and O–H groups in total. The van der Waals surface area contributed by atoms with E-state index in [2.05, 4.69) is 38.7 Å². The van der Waals surface area contributed by atoms with Gasteiger partial charge in [-0.25, -0.2) is 4.98 Å². The summed E-state index contributed by atoms with van der Waals surface area (Å²) in [6.07, 6.45) is 9.19. The first-order chi connectivity index (χ1) is 10.3. The molecule has 0 bridgehead atoms. The van der Waals surface area contributed by atoms with Crippen LogP contribution in [0.15, 0.2) is 22.7 Å². The smallest absolute Gasteiger partial charge is 0.111 e. The fourth-order valence-electron chi connectivity index (χ4n) is 3.51. The number of hydrogen-bond donors (Lipinski definition) is 0. The fourth-order valence-corrected chi connectivity index (χ4v) is 4.03. The van der Waals surface area contributed by atoms with E-state index in [4.69, 9.17) is 16.6 Å². The van der Waals surface area contributed by atoms with Gasteiger partial charge in [-0.2, -0.15) is 0 Å². The van der Waals surface area contributed by atoms with E-state index in [0.717, 1.165) is 34.7 Å². The van der Waals surface area contributed by atoms with Crippen molar-refractivity contribution in [3.63, 3.8) is 0 Å². The minimum Gasteiger partial charge on any atom is -0.328 e. The minimum atomic E-state index is 0.632. The Kier molecular flexibility index (Phi) is 5.23. The SMILES string of the molecule is ClCCc1nc2ccc(Br)cc2n1CCCC1CCCC1. The Morgan fingerprint density at radius 1 is 1.29 bits per heavy atom. The molecule has 21 heavy (non-hydrogen) atoms. The lowest BCUT2D eigenvalue weighted by atomic mass is 10.0. The number of halogens is 2. The number of imidazole rings is 1. The first-order valence-corrected chi connectivity index (χ1v) is 9.31. The minimum absolute atomic E-state index is 0.632. The second-order valence-corrected chi connectivity index (χ2v) is 7.34. The fraction of sp³-hybridized carbons (Fsp3) is 0.588. The van der Waals surface area contributed by atoms with Gasteiger partial charge in [-0.3, -0.25) is 0 Å². The topological polar surface area (TPSA) is 17.8 Å². The summed E-state index contributed by atoms with van der Waals surface area (Å²) in [6.45, 7) is 1.07. The van der Waals surface area contributed by atoms with E-state index in [0.29, 0.717) is 5.88 Å². The number of rotatable bonds is 6. The van der Waals surface area contributed by atoms with Gasteiger partial charge in [0.05, 0.1) is 11.0 Å². The number of aryl methyl sites for hydroxylation is 2. The molecule has 0 radical (unpaired) electrons. The van der Waals surface area contributed by atoms with Crippen LogP contribution in [0.3, 0.4) is 0 Å². The van der Waals surface area contributed by atoms with Gasteiger partial charge in [0.1, 0.15) is 5.82 Å². The molecular formula is C17H22BrClN2. The van der Waals surface area contributed by atoms with Gasteiger partial charge >= 0.3 is 0 Å². The average molecular weight is 370 g/mol. The van der Waals surface area contributed by atoms with Gasteiger partial charge in [-0.05, 0) is 37.0 Å². The summed E-state index contributed by atoms with van der Waals surface area (Å²) in [5.41, 5.74) is 2.31. The van der Waals surface area contributed by atoms with Gasteiger partial charge in [0, 0.05) is 23.3 Å². The zero-order valence-corrected chi connectivity index (χ0v) is 14.7. The van der Waals surface area contributed by atoms with Crippen molar-refractivity contribution < 1.29 is 0 Å². The highest BCUT2D eigenvalue weighted by molar-refractivity contribution is 9.10. The second kappa shape index (κ2) is 7.15. The van der Waals surface area contributed by atoms with E-state index >= 15 is 0 Å². The highest BCUT2D eigenvalue weighted by Gasteiger charge is 2.15. The van der Waals surface area contributed by atoms with Crippen molar-refractivity contribution in [2.75, 3.05) is 5.88 Å². The maximum atomic E-state index is 5.94. The number of alkyl halides is 1. The van der Waals surface area contributed by atoms with Gasteiger partial charge in [-0.15, -0.1) is 11.6 Å². The summed E-state index contributed by atoms with van der Waals surface area (Å²) in [5.74, 6) is 2.72. The maximum Gasteiger partial charge on any atom is 0.111 e. The lowest BCUT2D eigenvalue weighted by molar-refractivity contribution is 0.458. The third-order valence-corrected chi connectivity index (χ3v) is 5.26. The van der Waals surface area contributed by atoms with Crippen LogP contribution in [-0.2, 0) is 13.0 Å². The standard InChI is InChI=1S/C17H22BrClN2/c18-14-7-8-15-16(12-14)21(17(20-15)9-10-19)11-3-6-13-4-1-2-5-13/h7-8,12-13H,1-6,9-11H2. The number of fused-ring (bicyclic) bond motifs is 1. The Morgan fingerprint density at radius 2 is 2.10 bits per heavy atom. The van der Waals surface area contributed by atoms with E-state index in [-0.39, 0.29) is 0 Å². The zero-order valence-electron chi connectivity index (χ0n) is 12.3. The molecule has 2 aromatic rings. The van der Waals surface area contributed by atoms with Gasteiger partial charge in [0.2, 0.25) is 0 Å². The Balaban J connectivity index is 1.77. The largest absolute Gasteiger partial charge is 0.328 e. The molecule has 114 valence electrons. The predicted molar refractivity (Wildman–Crippen MR) is 93.0 cm³/mol. The van der Waals surface area contributed by atoms with Crippen LogP contribution in [0.25, 0.3) is 11.0 Å². The van der Waals surface area contributed by atoms with E-state index in [1.54, 1.807) is 0 Å². The van der Waals surface area contributed by atoms with E-state index in [1.165, 1.54) is 44.0 Å². The van der Waals surface area contributed by atoms with E-state index < -0.39 is 0 Å². The van der Waals surface area contributed by atoms with Crippen molar-refractivity contribution >= 4 is 38.6 Å². The molecule has 1 aliphatic rings. The van der Waals surface area contributed by atoms with Crippen LogP contribution < -0.4 is 0 Å². The quantitative estimate of drug-likeness (QED) is 0.610. The normalized spacial score (nSPS) is 16.1. The second-order valence-electron chi connectivity index (χ2n) is 6.04. The Morgan fingerprint density at radius 3 is 2.86 bits per heavy atom. The lowest BCUT2D eigenvalue weighted by Crippen LogP contribution is -2.06. The summed E-state index contributed by atoms with van der Waals surface area (Å²) in [7, 11) is 0. The van der Waals surface area contributed by atoms with Crippen molar-refractivity contribution in [3.8, 4) is 0 Å². The molecule has 0 spiro atoms. The molecule has 1 aliphatic carbocycles. The summed E-state index contributed by atoms with van der Waals surface area (Å²) in [5, 5.41) is 0. The summed E-state index contributed by atoms with van der Waals surface area (Å²) in [6, 6.07) is 6.32. The van der Waals surface area contributed by atoms with Crippen molar-refractivity contribution in [3.05, 3.63) is 28.5 Å². The first kappa shape index (κ1) is 15.4. The Bertz CT molecular complexity index is 602. The third-order valence-electron chi connectivity index (χ3n) is 4.58. The molecule has 0 aliphatic heterocycles.